The Morgan fingerprint density at radius 2 is 1.82 bits per heavy atom. The van der Waals surface area contributed by atoms with Crippen molar-refractivity contribution in [2.75, 3.05) is 6.54 Å². The average Bonchev–Trinajstić information content (AvgIpc) is 2.12. The van der Waals surface area contributed by atoms with E-state index in [1.165, 1.54) is 0 Å². The fourth-order valence-electron chi connectivity index (χ4n) is 0.925. The Balaban J connectivity index is 0.000000437. The molecule has 2 nitrogen and oxygen atoms in total. The molecule has 1 rings (SSSR count). The summed E-state index contributed by atoms with van der Waals surface area (Å²) in [5.41, 5.74) is 12.1. The smallest absolute Gasteiger partial charge is 0.0420 e. The first-order chi connectivity index (χ1) is 7.63. The van der Waals surface area contributed by atoms with E-state index in [2.05, 4.69) is 49.3 Å². The molecule has 98 valence electrons. The van der Waals surface area contributed by atoms with E-state index in [9.17, 15) is 0 Å². The SMILES string of the molecule is CC(C)(C)S.NCC(N)c1cc(Cl)cc(Br)c1. The highest BCUT2D eigenvalue weighted by molar-refractivity contribution is 9.10. The lowest BCUT2D eigenvalue weighted by molar-refractivity contribution is 0.737. The minimum atomic E-state index is -0.139. The first-order valence-electron chi connectivity index (χ1n) is 5.27. The van der Waals surface area contributed by atoms with E-state index in [1.807, 2.05) is 18.2 Å². The van der Waals surface area contributed by atoms with Gasteiger partial charge in [0.2, 0.25) is 0 Å². The van der Waals surface area contributed by atoms with E-state index in [0.29, 0.717) is 11.6 Å². The quantitative estimate of drug-likeness (QED) is 0.718. The molecule has 0 aliphatic heterocycles. The van der Waals surface area contributed by atoms with Gasteiger partial charge in [-0.25, -0.2) is 0 Å². The second kappa shape index (κ2) is 7.64. The van der Waals surface area contributed by atoms with Gasteiger partial charge in [-0.1, -0.05) is 48.3 Å². The van der Waals surface area contributed by atoms with Gasteiger partial charge in [0.1, 0.15) is 0 Å². The summed E-state index contributed by atoms with van der Waals surface area (Å²) in [6, 6.07) is 5.42. The lowest BCUT2D eigenvalue weighted by Gasteiger charge is -2.09. The molecule has 0 spiro atoms. The second-order valence-corrected chi connectivity index (χ2v) is 7.41. The summed E-state index contributed by atoms with van der Waals surface area (Å²) in [7, 11) is 0. The Kier molecular flexibility index (Phi) is 7.76. The van der Waals surface area contributed by atoms with Crippen molar-refractivity contribution in [2.45, 2.75) is 31.6 Å². The third-order valence-electron chi connectivity index (χ3n) is 1.57. The summed E-state index contributed by atoms with van der Waals surface area (Å²) < 4.78 is 1.12. The van der Waals surface area contributed by atoms with Crippen LogP contribution in [0.3, 0.4) is 0 Å². The van der Waals surface area contributed by atoms with Crippen LogP contribution in [0.2, 0.25) is 5.02 Å². The van der Waals surface area contributed by atoms with Crippen LogP contribution in [0.25, 0.3) is 0 Å². The van der Waals surface area contributed by atoms with Crippen molar-refractivity contribution in [1.82, 2.24) is 0 Å². The number of halogens is 2. The van der Waals surface area contributed by atoms with E-state index >= 15 is 0 Å². The maximum atomic E-state index is 5.82. The molecule has 0 fully saturated rings. The van der Waals surface area contributed by atoms with Crippen LogP contribution in [0.4, 0.5) is 0 Å². The lowest BCUT2D eigenvalue weighted by atomic mass is 10.1. The Labute approximate surface area is 123 Å². The minimum Gasteiger partial charge on any atom is -0.329 e. The molecule has 17 heavy (non-hydrogen) atoms. The van der Waals surface area contributed by atoms with Crippen molar-refractivity contribution in [2.24, 2.45) is 11.5 Å². The van der Waals surface area contributed by atoms with Gasteiger partial charge < -0.3 is 11.5 Å². The van der Waals surface area contributed by atoms with E-state index < -0.39 is 0 Å². The first-order valence-corrected chi connectivity index (χ1v) is 6.89. The third-order valence-corrected chi connectivity index (χ3v) is 2.24. The van der Waals surface area contributed by atoms with Gasteiger partial charge in [0, 0.05) is 26.8 Å². The molecular formula is C12H20BrClN2S. The topological polar surface area (TPSA) is 52.0 Å². The Hall–Kier alpha value is 0.260. The van der Waals surface area contributed by atoms with Gasteiger partial charge in [0.25, 0.3) is 0 Å². The largest absolute Gasteiger partial charge is 0.329 e. The van der Waals surface area contributed by atoms with Crippen LogP contribution in [0.1, 0.15) is 32.4 Å². The van der Waals surface area contributed by atoms with E-state index in [4.69, 9.17) is 23.1 Å². The molecule has 0 bridgehead atoms. The zero-order valence-corrected chi connectivity index (χ0v) is 13.6. The van der Waals surface area contributed by atoms with E-state index in [1.54, 1.807) is 0 Å². The van der Waals surface area contributed by atoms with Crippen LogP contribution in [-0.2, 0) is 0 Å². The van der Waals surface area contributed by atoms with Crippen LogP contribution >= 0.6 is 40.2 Å². The van der Waals surface area contributed by atoms with Crippen LogP contribution in [0, 0.1) is 0 Å². The molecule has 0 amide bonds. The van der Waals surface area contributed by atoms with Gasteiger partial charge in [0.05, 0.1) is 0 Å². The number of nitrogens with two attached hydrogens (primary N) is 2. The standard InChI is InChI=1S/C8H10BrClN2.C4H10S/c9-6-1-5(8(12)4-11)2-7(10)3-6;1-4(2,3)5/h1-3,8H,4,11-12H2;5H,1-3H3. The molecule has 4 N–H and O–H groups in total. The molecule has 1 unspecified atom stereocenters. The highest BCUT2D eigenvalue weighted by Gasteiger charge is 2.04. The molecule has 0 aliphatic carbocycles. The van der Waals surface area contributed by atoms with E-state index in [-0.39, 0.29) is 10.8 Å². The normalized spacial score (nSPS) is 12.7. The molecule has 5 heteroatoms. The molecule has 0 aliphatic rings. The van der Waals surface area contributed by atoms with Gasteiger partial charge >= 0.3 is 0 Å². The van der Waals surface area contributed by atoms with Gasteiger partial charge in [-0.15, -0.1) is 0 Å². The zero-order chi connectivity index (χ0) is 13.6. The summed E-state index contributed by atoms with van der Waals surface area (Å²) in [4.78, 5) is 0. The van der Waals surface area contributed by atoms with Crippen molar-refractivity contribution in [1.29, 1.82) is 0 Å². The Morgan fingerprint density at radius 3 is 2.18 bits per heavy atom. The van der Waals surface area contributed by atoms with Crippen LogP contribution < -0.4 is 11.5 Å². The molecule has 0 aromatic heterocycles. The van der Waals surface area contributed by atoms with Crippen LogP contribution in [-0.4, -0.2) is 11.3 Å². The number of hydrogen-bond acceptors (Lipinski definition) is 3. The molecule has 0 saturated carbocycles. The average molecular weight is 340 g/mol. The Morgan fingerprint density at radius 1 is 1.35 bits per heavy atom. The monoisotopic (exact) mass is 338 g/mol. The summed E-state index contributed by atoms with van der Waals surface area (Å²) in [6.45, 7) is 6.58. The summed E-state index contributed by atoms with van der Waals surface area (Å²) in [5.74, 6) is 0. The van der Waals surface area contributed by atoms with Gasteiger partial charge in [-0.05, 0) is 23.8 Å². The fourth-order valence-corrected chi connectivity index (χ4v) is 1.81. The number of rotatable bonds is 2. The number of hydrogen-bond donors (Lipinski definition) is 3. The second-order valence-electron chi connectivity index (χ2n) is 4.72. The maximum Gasteiger partial charge on any atom is 0.0420 e. The van der Waals surface area contributed by atoms with Crippen LogP contribution in [0.15, 0.2) is 22.7 Å². The van der Waals surface area contributed by atoms with E-state index in [0.717, 1.165) is 10.0 Å². The van der Waals surface area contributed by atoms with Crippen LogP contribution in [0.5, 0.6) is 0 Å². The van der Waals surface area contributed by atoms with Gasteiger partial charge in [0.15, 0.2) is 0 Å². The fraction of sp³-hybridized carbons (Fsp3) is 0.500. The van der Waals surface area contributed by atoms with Crippen molar-refractivity contribution in [3.8, 4) is 0 Å². The Bertz CT molecular complexity index is 327. The molecule has 0 saturated heterocycles. The minimum absolute atomic E-state index is 0.139. The zero-order valence-electron chi connectivity index (χ0n) is 10.4. The maximum absolute atomic E-state index is 5.82. The van der Waals surface area contributed by atoms with Crippen molar-refractivity contribution >= 4 is 40.2 Å². The predicted molar refractivity (Wildman–Crippen MR) is 83.9 cm³/mol. The molecule has 1 aromatic carbocycles. The highest BCUT2D eigenvalue weighted by Crippen LogP contribution is 2.22. The van der Waals surface area contributed by atoms with Crippen molar-refractivity contribution < 1.29 is 0 Å². The lowest BCUT2D eigenvalue weighted by Crippen LogP contribution is -2.20. The summed E-state index contributed by atoms with van der Waals surface area (Å²) in [5, 5.41) is 0.670. The van der Waals surface area contributed by atoms with Crippen molar-refractivity contribution in [3.63, 3.8) is 0 Å². The van der Waals surface area contributed by atoms with Gasteiger partial charge in [-0.3, -0.25) is 0 Å². The number of thiol groups is 1. The highest BCUT2D eigenvalue weighted by atomic mass is 79.9. The number of benzene rings is 1. The summed E-state index contributed by atoms with van der Waals surface area (Å²) in [6.07, 6.45) is 0. The molecular weight excluding hydrogens is 320 g/mol. The van der Waals surface area contributed by atoms with Gasteiger partial charge in [-0.2, -0.15) is 12.6 Å². The molecule has 0 radical (unpaired) electrons. The molecule has 1 aromatic rings. The summed E-state index contributed by atoms with van der Waals surface area (Å²) >= 11 is 13.3. The predicted octanol–water partition coefficient (Wildman–Crippen LogP) is 3.78. The third kappa shape index (κ3) is 9.92. The first kappa shape index (κ1) is 17.3. The molecule has 0 heterocycles. The van der Waals surface area contributed by atoms with Crippen molar-refractivity contribution in [3.05, 3.63) is 33.3 Å². The molecule has 1 atom stereocenters.